The summed E-state index contributed by atoms with van der Waals surface area (Å²) in [5, 5.41) is 15.6. The summed E-state index contributed by atoms with van der Waals surface area (Å²) in [5.74, 6) is 0.664. The SMILES string of the molecule is CCC(C)c1ccc(O)c(NC(=S)NC(=O)c2ccc(-c3ccc(Br)cc3)o2)c1. The van der Waals surface area contributed by atoms with Crippen molar-refractivity contribution >= 4 is 44.9 Å². The van der Waals surface area contributed by atoms with Crippen LogP contribution in [0.3, 0.4) is 0 Å². The predicted octanol–water partition coefficient (Wildman–Crippen LogP) is 6.06. The molecule has 2 aromatic carbocycles. The average molecular weight is 473 g/mol. The number of phenolic OH excluding ortho intramolecular Hbond substituents is 1. The Kier molecular flexibility index (Phi) is 6.71. The van der Waals surface area contributed by atoms with E-state index in [-0.39, 0.29) is 16.6 Å². The van der Waals surface area contributed by atoms with Crippen LogP contribution in [0.25, 0.3) is 11.3 Å². The van der Waals surface area contributed by atoms with Gasteiger partial charge in [0, 0.05) is 10.0 Å². The third-order valence-electron chi connectivity index (χ3n) is 4.64. The van der Waals surface area contributed by atoms with Gasteiger partial charge >= 0.3 is 0 Å². The minimum Gasteiger partial charge on any atom is -0.506 e. The van der Waals surface area contributed by atoms with Gasteiger partial charge in [-0.25, -0.2) is 0 Å². The number of thiocarbonyl (C=S) groups is 1. The zero-order valence-electron chi connectivity index (χ0n) is 16.0. The lowest BCUT2D eigenvalue weighted by Gasteiger charge is -2.14. The Morgan fingerprint density at radius 3 is 2.59 bits per heavy atom. The lowest BCUT2D eigenvalue weighted by atomic mass is 9.98. The first-order valence-electron chi connectivity index (χ1n) is 9.18. The van der Waals surface area contributed by atoms with Crippen LogP contribution in [0.4, 0.5) is 5.69 Å². The second-order valence-corrected chi connectivity index (χ2v) is 7.99. The van der Waals surface area contributed by atoms with Crippen LogP contribution in [-0.2, 0) is 0 Å². The molecule has 0 aliphatic rings. The topological polar surface area (TPSA) is 74.5 Å². The lowest BCUT2D eigenvalue weighted by molar-refractivity contribution is 0.0951. The molecule has 1 unspecified atom stereocenters. The number of rotatable bonds is 5. The van der Waals surface area contributed by atoms with Gasteiger partial charge in [-0.05, 0) is 66.5 Å². The number of carbonyl (C=O) groups is 1. The second kappa shape index (κ2) is 9.24. The maximum atomic E-state index is 12.4. The second-order valence-electron chi connectivity index (χ2n) is 6.66. The van der Waals surface area contributed by atoms with Gasteiger partial charge in [-0.2, -0.15) is 0 Å². The zero-order valence-corrected chi connectivity index (χ0v) is 18.4. The summed E-state index contributed by atoms with van der Waals surface area (Å²) in [6.07, 6.45) is 0.977. The Balaban J connectivity index is 1.67. The van der Waals surface area contributed by atoms with Gasteiger partial charge in [0.1, 0.15) is 11.5 Å². The number of phenols is 1. The van der Waals surface area contributed by atoms with Gasteiger partial charge in [0.15, 0.2) is 10.9 Å². The van der Waals surface area contributed by atoms with E-state index in [2.05, 4.69) is 40.4 Å². The van der Waals surface area contributed by atoms with Crippen molar-refractivity contribution in [3.63, 3.8) is 0 Å². The van der Waals surface area contributed by atoms with Crippen molar-refractivity contribution < 1.29 is 14.3 Å². The average Bonchev–Trinajstić information content (AvgIpc) is 3.20. The number of benzene rings is 2. The molecule has 5 nitrogen and oxygen atoms in total. The van der Waals surface area contributed by atoms with Crippen LogP contribution in [0.5, 0.6) is 5.75 Å². The van der Waals surface area contributed by atoms with Gasteiger partial charge in [0.2, 0.25) is 0 Å². The minimum atomic E-state index is -0.469. The number of nitrogens with one attached hydrogen (secondary N) is 2. The van der Waals surface area contributed by atoms with Crippen LogP contribution < -0.4 is 10.6 Å². The Morgan fingerprint density at radius 2 is 1.90 bits per heavy atom. The molecule has 0 aliphatic heterocycles. The normalized spacial score (nSPS) is 11.7. The van der Waals surface area contributed by atoms with Crippen molar-refractivity contribution in [1.29, 1.82) is 0 Å². The quantitative estimate of drug-likeness (QED) is 0.311. The van der Waals surface area contributed by atoms with E-state index in [0.29, 0.717) is 17.4 Å². The molecular weight excluding hydrogens is 452 g/mol. The molecule has 0 fully saturated rings. The molecule has 7 heteroatoms. The summed E-state index contributed by atoms with van der Waals surface area (Å²) >= 11 is 8.61. The van der Waals surface area contributed by atoms with Gasteiger partial charge < -0.3 is 14.8 Å². The van der Waals surface area contributed by atoms with Crippen LogP contribution in [0.1, 0.15) is 42.3 Å². The van der Waals surface area contributed by atoms with Crippen molar-refractivity contribution in [3.8, 4) is 17.1 Å². The molecule has 29 heavy (non-hydrogen) atoms. The summed E-state index contributed by atoms with van der Waals surface area (Å²) in [6.45, 7) is 4.21. The van der Waals surface area contributed by atoms with Crippen LogP contribution >= 0.6 is 28.1 Å². The number of hydrogen-bond acceptors (Lipinski definition) is 4. The van der Waals surface area contributed by atoms with Gasteiger partial charge in [0.25, 0.3) is 5.91 Å². The van der Waals surface area contributed by atoms with E-state index in [9.17, 15) is 9.90 Å². The molecule has 3 N–H and O–H groups in total. The van der Waals surface area contributed by atoms with Crippen LogP contribution in [0, 0.1) is 0 Å². The maximum absolute atomic E-state index is 12.4. The molecule has 0 saturated carbocycles. The van der Waals surface area contributed by atoms with E-state index in [1.165, 1.54) is 0 Å². The van der Waals surface area contributed by atoms with Crippen LogP contribution in [0.2, 0.25) is 0 Å². The molecule has 1 aromatic heterocycles. The van der Waals surface area contributed by atoms with Crippen molar-refractivity contribution in [1.82, 2.24) is 5.32 Å². The number of halogens is 1. The molecule has 150 valence electrons. The molecular formula is C22H21BrN2O3S. The number of aromatic hydroxyl groups is 1. The zero-order chi connectivity index (χ0) is 21.0. The maximum Gasteiger partial charge on any atom is 0.293 e. The third-order valence-corrected chi connectivity index (χ3v) is 5.37. The molecule has 0 spiro atoms. The van der Waals surface area contributed by atoms with E-state index in [1.807, 2.05) is 36.4 Å². The number of anilines is 1. The van der Waals surface area contributed by atoms with Crippen LogP contribution in [-0.4, -0.2) is 16.1 Å². The molecule has 0 aliphatic carbocycles. The standard InChI is InChI=1S/C22H21BrN2O3S/c1-3-13(2)15-6-9-18(26)17(12-15)24-22(29)25-21(27)20-11-10-19(28-20)14-4-7-16(23)8-5-14/h4-13,26H,3H2,1-2H3,(H2,24,25,27,29). The monoisotopic (exact) mass is 472 g/mol. The molecule has 1 heterocycles. The summed E-state index contributed by atoms with van der Waals surface area (Å²) in [6, 6.07) is 16.2. The highest BCUT2D eigenvalue weighted by molar-refractivity contribution is 9.10. The van der Waals surface area contributed by atoms with E-state index < -0.39 is 5.91 Å². The number of amides is 1. The van der Waals surface area contributed by atoms with Crippen molar-refractivity contribution in [2.75, 3.05) is 5.32 Å². The van der Waals surface area contributed by atoms with E-state index in [4.69, 9.17) is 16.6 Å². The smallest absolute Gasteiger partial charge is 0.293 e. The first kappa shape index (κ1) is 21.1. The van der Waals surface area contributed by atoms with E-state index in [1.54, 1.807) is 18.2 Å². The molecule has 1 amide bonds. The Hall–Kier alpha value is -2.64. The highest BCUT2D eigenvalue weighted by Crippen LogP contribution is 2.29. The molecule has 0 radical (unpaired) electrons. The van der Waals surface area contributed by atoms with Gasteiger partial charge in [-0.1, -0.05) is 48.0 Å². The highest BCUT2D eigenvalue weighted by atomic mass is 79.9. The minimum absolute atomic E-state index is 0.0594. The summed E-state index contributed by atoms with van der Waals surface area (Å²) in [4.78, 5) is 12.4. The van der Waals surface area contributed by atoms with Crippen molar-refractivity contribution in [2.45, 2.75) is 26.2 Å². The van der Waals surface area contributed by atoms with Crippen LogP contribution in [0.15, 0.2) is 63.5 Å². The first-order valence-corrected chi connectivity index (χ1v) is 10.4. The predicted molar refractivity (Wildman–Crippen MR) is 122 cm³/mol. The fourth-order valence-corrected chi connectivity index (χ4v) is 3.21. The Bertz CT molecular complexity index is 1030. The van der Waals surface area contributed by atoms with E-state index in [0.717, 1.165) is 22.0 Å². The fourth-order valence-electron chi connectivity index (χ4n) is 2.74. The van der Waals surface area contributed by atoms with Crippen molar-refractivity contribution in [2.24, 2.45) is 0 Å². The van der Waals surface area contributed by atoms with Gasteiger partial charge in [0.05, 0.1) is 5.69 Å². The summed E-state index contributed by atoms with van der Waals surface area (Å²) in [5.41, 5.74) is 2.38. The van der Waals surface area contributed by atoms with Gasteiger partial charge in [-0.3, -0.25) is 10.1 Å². The summed E-state index contributed by atoms with van der Waals surface area (Å²) in [7, 11) is 0. The molecule has 0 bridgehead atoms. The molecule has 3 aromatic rings. The largest absolute Gasteiger partial charge is 0.506 e. The summed E-state index contributed by atoms with van der Waals surface area (Å²) < 4.78 is 6.61. The number of furan rings is 1. The van der Waals surface area contributed by atoms with Crippen molar-refractivity contribution in [3.05, 3.63) is 70.4 Å². The molecule has 1 atom stereocenters. The highest BCUT2D eigenvalue weighted by Gasteiger charge is 2.15. The molecule has 0 saturated heterocycles. The van der Waals surface area contributed by atoms with E-state index >= 15 is 0 Å². The lowest BCUT2D eigenvalue weighted by Crippen LogP contribution is -2.33. The van der Waals surface area contributed by atoms with Gasteiger partial charge in [-0.15, -0.1) is 0 Å². The molecule has 3 rings (SSSR count). The number of hydrogen-bond donors (Lipinski definition) is 3. The Labute approximate surface area is 183 Å². The third kappa shape index (κ3) is 5.25. The Morgan fingerprint density at radius 1 is 1.17 bits per heavy atom. The number of carbonyl (C=O) groups excluding carboxylic acids is 1. The first-order chi connectivity index (χ1) is 13.9. The fraction of sp³-hybridized carbons (Fsp3) is 0.182.